The van der Waals surface area contributed by atoms with E-state index in [-0.39, 0.29) is 48.3 Å². The number of piperazine rings is 1. The fourth-order valence-corrected chi connectivity index (χ4v) is 2.28. The number of aromatic nitrogens is 1. The Labute approximate surface area is 138 Å². The van der Waals surface area contributed by atoms with Crippen molar-refractivity contribution in [3.8, 4) is 0 Å². The molecule has 116 valence electrons. The number of ether oxygens (including phenoxy) is 1. The SMILES string of the molecule is Cl.O=C(CN1CCNCC1=O)OCc1cc(Cl)nc(Cl)c1. The Bertz CT molecular complexity index is 507. The first-order valence-corrected chi connectivity index (χ1v) is 6.76. The number of esters is 1. The molecule has 2 heterocycles. The van der Waals surface area contributed by atoms with E-state index in [0.717, 1.165) is 0 Å². The quantitative estimate of drug-likeness (QED) is 0.651. The second-order valence-corrected chi connectivity index (χ2v) is 5.05. The molecule has 0 bridgehead atoms. The highest BCUT2D eigenvalue weighted by molar-refractivity contribution is 6.32. The van der Waals surface area contributed by atoms with Crippen LogP contribution in [0, 0.1) is 0 Å². The maximum absolute atomic E-state index is 11.7. The van der Waals surface area contributed by atoms with Crippen LogP contribution in [0.25, 0.3) is 0 Å². The van der Waals surface area contributed by atoms with E-state index in [1.165, 1.54) is 4.90 Å². The first-order chi connectivity index (χ1) is 9.54. The van der Waals surface area contributed by atoms with Gasteiger partial charge in [0.15, 0.2) is 0 Å². The number of amides is 1. The van der Waals surface area contributed by atoms with Gasteiger partial charge in [0.2, 0.25) is 5.91 Å². The summed E-state index contributed by atoms with van der Waals surface area (Å²) < 4.78 is 5.09. The van der Waals surface area contributed by atoms with Crippen LogP contribution in [-0.2, 0) is 20.9 Å². The predicted molar refractivity (Wildman–Crippen MR) is 80.8 cm³/mol. The molecule has 1 aliphatic rings. The topological polar surface area (TPSA) is 71.5 Å². The molecule has 0 aromatic carbocycles. The summed E-state index contributed by atoms with van der Waals surface area (Å²) in [5.74, 6) is -0.576. The van der Waals surface area contributed by atoms with Gasteiger partial charge in [-0.05, 0) is 17.7 Å². The van der Waals surface area contributed by atoms with Crippen LogP contribution in [0.3, 0.4) is 0 Å². The summed E-state index contributed by atoms with van der Waals surface area (Å²) in [4.78, 5) is 28.4. The lowest BCUT2D eigenvalue weighted by atomic mass is 10.3. The molecule has 1 aromatic rings. The number of nitrogens with zero attached hydrogens (tertiary/aromatic N) is 2. The van der Waals surface area contributed by atoms with Crippen molar-refractivity contribution < 1.29 is 14.3 Å². The van der Waals surface area contributed by atoms with E-state index in [1.54, 1.807) is 12.1 Å². The Morgan fingerprint density at radius 2 is 2.05 bits per heavy atom. The van der Waals surface area contributed by atoms with Gasteiger partial charge in [-0.2, -0.15) is 0 Å². The summed E-state index contributed by atoms with van der Waals surface area (Å²) in [5.41, 5.74) is 0.648. The average Bonchev–Trinajstić information content (AvgIpc) is 2.38. The first kappa shape index (κ1) is 18.0. The summed E-state index contributed by atoms with van der Waals surface area (Å²) in [6, 6.07) is 3.13. The van der Waals surface area contributed by atoms with Crippen molar-refractivity contribution >= 4 is 47.5 Å². The normalized spacial score (nSPS) is 14.6. The third-order valence-electron chi connectivity index (χ3n) is 2.73. The van der Waals surface area contributed by atoms with Gasteiger partial charge in [0.05, 0.1) is 6.54 Å². The van der Waals surface area contributed by atoms with Crippen molar-refractivity contribution in [1.29, 1.82) is 0 Å². The van der Waals surface area contributed by atoms with Gasteiger partial charge in [-0.25, -0.2) is 4.98 Å². The van der Waals surface area contributed by atoms with Crippen molar-refractivity contribution in [2.75, 3.05) is 26.2 Å². The highest BCUT2D eigenvalue weighted by Crippen LogP contribution is 2.15. The van der Waals surface area contributed by atoms with E-state index >= 15 is 0 Å². The molecule has 1 fully saturated rings. The van der Waals surface area contributed by atoms with Gasteiger partial charge >= 0.3 is 5.97 Å². The molecule has 9 heteroatoms. The minimum absolute atomic E-state index is 0. The van der Waals surface area contributed by atoms with Gasteiger partial charge in [0.25, 0.3) is 0 Å². The zero-order chi connectivity index (χ0) is 14.5. The lowest BCUT2D eigenvalue weighted by molar-refractivity contribution is -0.150. The van der Waals surface area contributed by atoms with Crippen molar-refractivity contribution in [1.82, 2.24) is 15.2 Å². The van der Waals surface area contributed by atoms with Crippen molar-refractivity contribution in [3.05, 3.63) is 28.0 Å². The number of rotatable bonds is 4. The minimum Gasteiger partial charge on any atom is -0.459 e. The van der Waals surface area contributed by atoms with Crippen molar-refractivity contribution in [3.63, 3.8) is 0 Å². The number of nitrogens with one attached hydrogen (secondary N) is 1. The monoisotopic (exact) mass is 353 g/mol. The Hall–Kier alpha value is -1.08. The molecule has 0 aliphatic carbocycles. The molecule has 0 atom stereocenters. The Balaban J connectivity index is 0.00000220. The predicted octanol–water partition coefficient (Wildman–Crippen LogP) is 1.29. The molecule has 1 saturated heterocycles. The largest absolute Gasteiger partial charge is 0.459 e. The number of hydrogen-bond acceptors (Lipinski definition) is 5. The van der Waals surface area contributed by atoms with Gasteiger partial charge in [-0.1, -0.05) is 23.2 Å². The van der Waals surface area contributed by atoms with Gasteiger partial charge in [-0.15, -0.1) is 12.4 Å². The molecule has 21 heavy (non-hydrogen) atoms. The molecular weight excluding hydrogens is 341 g/mol. The number of carbonyl (C=O) groups is 2. The van der Waals surface area contributed by atoms with E-state index in [0.29, 0.717) is 18.7 Å². The zero-order valence-electron chi connectivity index (χ0n) is 11.0. The summed E-state index contributed by atoms with van der Waals surface area (Å²) in [5, 5.41) is 3.40. The molecule has 0 spiro atoms. The van der Waals surface area contributed by atoms with Crippen LogP contribution in [0.5, 0.6) is 0 Å². The smallest absolute Gasteiger partial charge is 0.325 e. The lowest BCUT2D eigenvalue weighted by Crippen LogP contribution is -2.49. The van der Waals surface area contributed by atoms with E-state index in [1.807, 2.05) is 0 Å². The van der Waals surface area contributed by atoms with Gasteiger partial charge < -0.3 is 15.0 Å². The third kappa shape index (κ3) is 5.67. The highest BCUT2D eigenvalue weighted by atomic mass is 35.5. The first-order valence-electron chi connectivity index (χ1n) is 6.00. The Morgan fingerprint density at radius 1 is 1.38 bits per heavy atom. The van der Waals surface area contributed by atoms with Crippen molar-refractivity contribution in [2.45, 2.75) is 6.61 Å². The molecule has 6 nitrogen and oxygen atoms in total. The Kier molecular flexibility index (Phi) is 7.17. The van der Waals surface area contributed by atoms with Crippen molar-refractivity contribution in [2.24, 2.45) is 0 Å². The van der Waals surface area contributed by atoms with E-state index in [9.17, 15) is 9.59 Å². The third-order valence-corrected chi connectivity index (χ3v) is 3.12. The Morgan fingerprint density at radius 3 is 2.67 bits per heavy atom. The summed E-state index contributed by atoms with van der Waals surface area (Å²) in [7, 11) is 0. The second-order valence-electron chi connectivity index (χ2n) is 4.27. The summed E-state index contributed by atoms with van der Waals surface area (Å²) >= 11 is 11.5. The summed E-state index contributed by atoms with van der Waals surface area (Å²) in [6.07, 6.45) is 0. The fourth-order valence-electron chi connectivity index (χ4n) is 1.78. The van der Waals surface area contributed by atoms with E-state index in [4.69, 9.17) is 27.9 Å². The van der Waals surface area contributed by atoms with Gasteiger partial charge in [0.1, 0.15) is 23.5 Å². The number of halogens is 3. The van der Waals surface area contributed by atoms with Crippen LogP contribution in [0.15, 0.2) is 12.1 Å². The van der Waals surface area contributed by atoms with Crippen LogP contribution >= 0.6 is 35.6 Å². The van der Waals surface area contributed by atoms with Crippen LogP contribution < -0.4 is 5.32 Å². The number of carbonyl (C=O) groups excluding carboxylic acids is 2. The standard InChI is InChI=1S/C12H13Cl2N3O3.ClH/c13-9-3-8(4-10(14)16-9)7-20-12(19)6-17-2-1-15-5-11(17)18;/h3-4,15H,1-2,5-7H2;1H. The molecule has 0 unspecified atom stereocenters. The molecule has 2 rings (SSSR count). The van der Waals surface area contributed by atoms with Gasteiger partial charge in [-0.3, -0.25) is 9.59 Å². The van der Waals surface area contributed by atoms with Gasteiger partial charge in [0, 0.05) is 13.1 Å². The fraction of sp³-hybridized carbons (Fsp3) is 0.417. The molecule has 1 aromatic heterocycles. The molecule has 1 amide bonds. The van der Waals surface area contributed by atoms with Crippen LogP contribution in [0.4, 0.5) is 0 Å². The molecule has 1 aliphatic heterocycles. The second kappa shape index (κ2) is 8.38. The maximum atomic E-state index is 11.7. The molecular formula is C12H14Cl3N3O3. The van der Waals surface area contributed by atoms with Crippen LogP contribution in [-0.4, -0.2) is 47.9 Å². The lowest BCUT2D eigenvalue weighted by Gasteiger charge is -2.26. The highest BCUT2D eigenvalue weighted by Gasteiger charge is 2.20. The molecule has 0 radical (unpaired) electrons. The average molecular weight is 355 g/mol. The van der Waals surface area contributed by atoms with E-state index < -0.39 is 5.97 Å². The molecule has 1 N–H and O–H groups in total. The van der Waals surface area contributed by atoms with Crippen LogP contribution in [0.1, 0.15) is 5.56 Å². The number of pyridine rings is 1. The minimum atomic E-state index is -0.468. The number of hydrogen-bond donors (Lipinski definition) is 1. The zero-order valence-corrected chi connectivity index (χ0v) is 13.3. The maximum Gasteiger partial charge on any atom is 0.325 e. The van der Waals surface area contributed by atoms with Crippen LogP contribution in [0.2, 0.25) is 10.3 Å². The van der Waals surface area contributed by atoms with E-state index in [2.05, 4.69) is 10.3 Å². The molecule has 0 saturated carbocycles. The summed E-state index contributed by atoms with van der Waals surface area (Å²) in [6.45, 7) is 1.42.